The van der Waals surface area contributed by atoms with Crippen molar-refractivity contribution in [2.45, 2.75) is 31.7 Å². The van der Waals surface area contributed by atoms with Crippen molar-refractivity contribution in [1.82, 2.24) is 15.2 Å². The van der Waals surface area contributed by atoms with Gasteiger partial charge in [0.25, 0.3) is 0 Å². The van der Waals surface area contributed by atoms with Crippen molar-refractivity contribution in [3.63, 3.8) is 0 Å². The molecule has 1 N–H and O–H groups in total. The fourth-order valence-electron chi connectivity index (χ4n) is 3.51. The first-order valence-electron chi connectivity index (χ1n) is 8.60. The molecule has 0 spiro atoms. The number of carbonyl (C=O) groups excluding carboxylic acids is 1. The molecule has 0 saturated carbocycles. The largest absolute Gasteiger partial charge is 0.349 e. The Morgan fingerprint density at radius 2 is 2.00 bits per heavy atom. The van der Waals surface area contributed by atoms with Crippen molar-refractivity contribution in [1.29, 1.82) is 0 Å². The zero-order valence-electron chi connectivity index (χ0n) is 14.2. The molecular weight excluding hydrogens is 298 g/mol. The van der Waals surface area contributed by atoms with Crippen LogP contribution in [-0.4, -0.2) is 35.4 Å². The van der Waals surface area contributed by atoms with Crippen LogP contribution in [0.4, 0.5) is 0 Å². The normalized spacial score (nSPS) is 21.4. The number of rotatable bonds is 5. The third-order valence-electron chi connectivity index (χ3n) is 4.81. The number of likely N-dealkylation sites (tertiary alicyclic amines) is 1. The summed E-state index contributed by atoms with van der Waals surface area (Å²) in [5.74, 6) is 0.0676. The molecule has 1 aliphatic rings. The van der Waals surface area contributed by atoms with Crippen molar-refractivity contribution in [2.24, 2.45) is 0 Å². The summed E-state index contributed by atoms with van der Waals surface area (Å²) in [4.78, 5) is 18.8. The number of hydrogen-bond donors (Lipinski definition) is 1. The number of pyridine rings is 1. The van der Waals surface area contributed by atoms with E-state index in [-0.39, 0.29) is 11.3 Å². The van der Waals surface area contributed by atoms with E-state index in [2.05, 4.69) is 52.5 Å². The third kappa shape index (κ3) is 4.20. The molecule has 126 valence electrons. The van der Waals surface area contributed by atoms with Gasteiger partial charge in [-0.25, -0.2) is 0 Å². The lowest BCUT2D eigenvalue weighted by Crippen LogP contribution is -2.48. The second kappa shape index (κ2) is 7.58. The van der Waals surface area contributed by atoms with Crippen LogP contribution in [-0.2, 0) is 16.8 Å². The Morgan fingerprint density at radius 3 is 2.75 bits per heavy atom. The highest BCUT2D eigenvalue weighted by atomic mass is 16.2. The number of carbonyl (C=O) groups is 1. The molecule has 0 unspecified atom stereocenters. The number of nitrogens with zero attached hydrogens (tertiary/aromatic N) is 2. The van der Waals surface area contributed by atoms with Crippen LogP contribution in [0.3, 0.4) is 0 Å². The zero-order chi connectivity index (χ0) is 16.8. The fraction of sp³-hybridized carbons (Fsp3) is 0.400. The summed E-state index contributed by atoms with van der Waals surface area (Å²) in [5, 5.41) is 2.97. The van der Waals surface area contributed by atoms with E-state index < -0.39 is 0 Å². The lowest BCUT2D eigenvalue weighted by Gasteiger charge is -2.40. The second-order valence-corrected chi connectivity index (χ2v) is 6.84. The summed E-state index contributed by atoms with van der Waals surface area (Å²) < 4.78 is 0. The monoisotopic (exact) mass is 323 g/mol. The molecule has 1 fully saturated rings. The van der Waals surface area contributed by atoms with Crippen molar-refractivity contribution >= 4 is 5.91 Å². The first kappa shape index (κ1) is 16.7. The molecule has 1 saturated heterocycles. The summed E-state index contributed by atoms with van der Waals surface area (Å²) in [5.41, 5.74) is 2.38. The van der Waals surface area contributed by atoms with Crippen LogP contribution in [0.2, 0.25) is 0 Å². The Balaban J connectivity index is 1.54. The van der Waals surface area contributed by atoms with Crippen LogP contribution in [0.25, 0.3) is 0 Å². The van der Waals surface area contributed by atoms with E-state index in [0.29, 0.717) is 13.1 Å². The summed E-state index contributed by atoms with van der Waals surface area (Å²) in [6.45, 7) is 5.16. The average Bonchev–Trinajstić information content (AvgIpc) is 2.62. The van der Waals surface area contributed by atoms with Gasteiger partial charge in [0, 0.05) is 18.2 Å². The average molecular weight is 323 g/mol. The SMILES string of the molecule is C[C@@]1(c2ccccc2)CCCN(CC(=O)NCc2ccccn2)C1. The summed E-state index contributed by atoms with van der Waals surface area (Å²) >= 11 is 0. The van der Waals surface area contributed by atoms with Gasteiger partial charge >= 0.3 is 0 Å². The molecule has 2 heterocycles. The molecule has 4 nitrogen and oxygen atoms in total. The van der Waals surface area contributed by atoms with Crippen molar-refractivity contribution < 1.29 is 4.79 Å². The predicted molar refractivity (Wildman–Crippen MR) is 95.6 cm³/mol. The van der Waals surface area contributed by atoms with Gasteiger partial charge in [-0.1, -0.05) is 43.3 Å². The van der Waals surface area contributed by atoms with Crippen LogP contribution in [0.15, 0.2) is 54.7 Å². The summed E-state index contributed by atoms with van der Waals surface area (Å²) in [6, 6.07) is 16.4. The Labute approximate surface area is 143 Å². The highest BCUT2D eigenvalue weighted by Gasteiger charge is 2.33. The highest BCUT2D eigenvalue weighted by molar-refractivity contribution is 5.78. The van der Waals surface area contributed by atoms with Crippen LogP contribution in [0.5, 0.6) is 0 Å². The van der Waals surface area contributed by atoms with Crippen molar-refractivity contribution in [3.05, 3.63) is 66.0 Å². The minimum Gasteiger partial charge on any atom is -0.349 e. The maximum Gasteiger partial charge on any atom is 0.234 e. The first-order chi connectivity index (χ1) is 11.7. The molecule has 0 aliphatic carbocycles. The first-order valence-corrected chi connectivity index (χ1v) is 8.60. The van der Waals surface area contributed by atoms with Gasteiger partial charge in [0.15, 0.2) is 0 Å². The number of aromatic nitrogens is 1. The molecule has 4 heteroatoms. The van der Waals surface area contributed by atoms with E-state index in [9.17, 15) is 4.79 Å². The molecule has 1 aliphatic heterocycles. The van der Waals surface area contributed by atoms with Gasteiger partial charge < -0.3 is 5.32 Å². The molecule has 3 rings (SSSR count). The lowest BCUT2D eigenvalue weighted by atomic mass is 9.76. The summed E-state index contributed by atoms with van der Waals surface area (Å²) in [6.07, 6.45) is 4.04. The van der Waals surface area contributed by atoms with E-state index in [4.69, 9.17) is 0 Å². The smallest absolute Gasteiger partial charge is 0.234 e. The van der Waals surface area contributed by atoms with Gasteiger partial charge in [-0.15, -0.1) is 0 Å². The van der Waals surface area contributed by atoms with Gasteiger partial charge in [-0.3, -0.25) is 14.7 Å². The molecule has 1 aromatic carbocycles. The molecule has 1 atom stereocenters. The van der Waals surface area contributed by atoms with Gasteiger partial charge in [-0.05, 0) is 37.1 Å². The Kier molecular flexibility index (Phi) is 5.26. The van der Waals surface area contributed by atoms with Crippen LogP contribution in [0.1, 0.15) is 31.0 Å². The van der Waals surface area contributed by atoms with Gasteiger partial charge in [0.1, 0.15) is 0 Å². The molecule has 24 heavy (non-hydrogen) atoms. The van der Waals surface area contributed by atoms with Gasteiger partial charge in [-0.2, -0.15) is 0 Å². The molecule has 0 radical (unpaired) electrons. The lowest BCUT2D eigenvalue weighted by molar-refractivity contribution is -0.122. The van der Waals surface area contributed by atoms with Gasteiger partial charge in [0.05, 0.1) is 18.8 Å². The quantitative estimate of drug-likeness (QED) is 0.920. The summed E-state index contributed by atoms with van der Waals surface area (Å²) in [7, 11) is 0. The maximum absolute atomic E-state index is 12.3. The topological polar surface area (TPSA) is 45.2 Å². The zero-order valence-corrected chi connectivity index (χ0v) is 14.2. The van der Waals surface area contributed by atoms with Crippen LogP contribution >= 0.6 is 0 Å². The standard InChI is InChI=1S/C20H25N3O/c1-20(17-8-3-2-4-9-17)11-7-13-23(16-20)15-19(24)22-14-18-10-5-6-12-21-18/h2-6,8-10,12H,7,11,13-16H2,1H3,(H,22,24)/t20-/m1/s1. The number of hydrogen-bond acceptors (Lipinski definition) is 3. The van der Waals surface area contributed by atoms with E-state index in [1.807, 2.05) is 18.2 Å². The Bertz CT molecular complexity index is 659. The Morgan fingerprint density at radius 1 is 1.21 bits per heavy atom. The molecule has 1 amide bonds. The van der Waals surface area contributed by atoms with Crippen molar-refractivity contribution in [3.8, 4) is 0 Å². The molecule has 0 bridgehead atoms. The van der Waals surface area contributed by atoms with Crippen LogP contribution in [0, 0.1) is 0 Å². The highest BCUT2D eigenvalue weighted by Crippen LogP contribution is 2.33. The maximum atomic E-state index is 12.3. The second-order valence-electron chi connectivity index (χ2n) is 6.84. The fourth-order valence-corrected chi connectivity index (χ4v) is 3.51. The Hall–Kier alpha value is -2.20. The third-order valence-corrected chi connectivity index (χ3v) is 4.81. The van der Waals surface area contributed by atoms with E-state index in [0.717, 1.165) is 25.2 Å². The van der Waals surface area contributed by atoms with E-state index >= 15 is 0 Å². The minimum absolute atomic E-state index is 0.0676. The van der Waals surface area contributed by atoms with E-state index in [1.54, 1.807) is 6.20 Å². The van der Waals surface area contributed by atoms with Gasteiger partial charge in [0.2, 0.25) is 5.91 Å². The molecular formula is C20H25N3O. The molecule has 2 aromatic rings. The minimum atomic E-state index is 0.0676. The van der Waals surface area contributed by atoms with Crippen molar-refractivity contribution in [2.75, 3.05) is 19.6 Å². The number of amides is 1. The number of piperidine rings is 1. The van der Waals surface area contributed by atoms with Crippen LogP contribution < -0.4 is 5.32 Å². The molecule has 1 aromatic heterocycles. The predicted octanol–water partition coefficient (Wildman–Crippen LogP) is 2.75. The number of benzene rings is 1. The number of nitrogens with one attached hydrogen (secondary N) is 1. The van der Waals surface area contributed by atoms with E-state index in [1.165, 1.54) is 12.0 Å².